The smallest absolute Gasteiger partial charge is 0.274 e. The molecule has 0 atom stereocenters. The largest absolute Gasteiger partial charge is 0.495 e. The fourth-order valence-corrected chi connectivity index (χ4v) is 1.96. The first kappa shape index (κ1) is 15.3. The maximum atomic E-state index is 12.0. The predicted molar refractivity (Wildman–Crippen MR) is 82.6 cm³/mol. The summed E-state index contributed by atoms with van der Waals surface area (Å²) < 4.78 is 5.22. The number of hydrogen-bond donors (Lipinski definition) is 2. The number of anilines is 2. The molecule has 0 bridgehead atoms. The third kappa shape index (κ3) is 3.52. The van der Waals surface area contributed by atoms with Gasteiger partial charge in [-0.2, -0.15) is 0 Å². The van der Waals surface area contributed by atoms with Gasteiger partial charge in [-0.25, -0.2) is 0 Å². The van der Waals surface area contributed by atoms with E-state index in [1.807, 2.05) is 20.8 Å². The maximum Gasteiger partial charge on any atom is 0.274 e. The molecule has 0 amide bonds. The number of aromatic nitrogens is 3. The van der Waals surface area contributed by atoms with Gasteiger partial charge in [0.25, 0.3) is 5.56 Å². The Morgan fingerprint density at radius 3 is 2.57 bits per heavy atom. The Balaban J connectivity index is 2.35. The van der Waals surface area contributed by atoms with Gasteiger partial charge >= 0.3 is 0 Å². The molecular formula is C14H17ClN4O2. The number of methoxy groups -OCH3 is 1. The van der Waals surface area contributed by atoms with Crippen LogP contribution in [0, 0.1) is 0 Å². The number of nitrogens with one attached hydrogen (secondary N) is 2. The second-order valence-corrected chi connectivity index (χ2v) is 6.01. The number of H-pyrrole nitrogens is 1. The highest BCUT2D eigenvalue weighted by Gasteiger charge is 2.20. The molecule has 0 aliphatic rings. The summed E-state index contributed by atoms with van der Waals surface area (Å²) in [6.07, 6.45) is 0. The van der Waals surface area contributed by atoms with Crippen LogP contribution in [0.15, 0.2) is 23.0 Å². The van der Waals surface area contributed by atoms with Crippen molar-refractivity contribution >= 4 is 23.2 Å². The number of nitrogens with zero attached hydrogens (tertiary/aromatic N) is 2. The van der Waals surface area contributed by atoms with Crippen molar-refractivity contribution in [2.24, 2.45) is 0 Å². The van der Waals surface area contributed by atoms with Crippen molar-refractivity contribution in [1.82, 2.24) is 15.2 Å². The lowest BCUT2D eigenvalue weighted by molar-refractivity contribution is 0.416. The van der Waals surface area contributed by atoms with E-state index in [1.165, 1.54) is 0 Å². The van der Waals surface area contributed by atoms with Crippen molar-refractivity contribution in [3.8, 4) is 5.75 Å². The molecule has 2 N–H and O–H groups in total. The van der Waals surface area contributed by atoms with Crippen LogP contribution in [0.1, 0.15) is 26.5 Å². The van der Waals surface area contributed by atoms with E-state index >= 15 is 0 Å². The predicted octanol–water partition coefficient (Wildman–Crippen LogP) is 2.87. The molecular weight excluding hydrogens is 292 g/mol. The molecule has 0 spiro atoms. The average Bonchev–Trinajstić information content (AvgIpc) is 2.37. The molecule has 0 fully saturated rings. The zero-order valence-corrected chi connectivity index (χ0v) is 13.1. The summed E-state index contributed by atoms with van der Waals surface area (Å²) in [4.78, 5) is 14.7. The third-order valence-corrected chi connectivity index (χ3v) is 3.06. The minimum absolute atomic E-state index is 0.230. The highest BCUT2D eigenvalue weighted by Crippen LogP contribution is 2.29. The summed E-state index contributed by atoms with van der Waals surface area (Å²) in [6.45, 7) is 5.71. The summed E-state index contributed by atoms with van der Waals surface area (Å²) in [7, 11) is 1.55. The van der Waals surface area contributed by atoms with Gasteiger partial charge in [-0.05, 0) is 18.2 Å². The van der Waals surface area contributed by atoms with Crippen LogP contribution in [-0.2, 0) is 5.41 Å². The second-order valence-electron chi connectivity index (χ2n) is 5.57. The second kappa shape index (κ2) is 5.73. The normalized spacial score (nSPS) is 11.3. The van der Waals surface area contributed by atoms with Crippen molar-refractivity contribution in [3.05, 3.63) is 39.3 Å². The van der Waals surface area contributed by atoms with E-state index in [9.17, 15) is 4.79 Å². The maximum absolute atomic E-state index is 12.0. The quantitative estimate of drug-likeness (QED) is 0.911. The van der Waals surface area contributed by atoms with Crippen molar-refractivity contribution in [1.29, 1.82) is 0 Å². The SMILES string of the molecule is COc1ccc(Cl)cc1Nc1nnc(C(C)(C)C)c(=O)[nH]1. The summed E-state index contributed by atoms with van der Waals surface area (Å²) >= 11 is 5.95. The molecule has 0 saturated carbocycles. The Bertz CT molecular complexity index is 707. The summed E-state index contributed by atoms with van der Waals surface area (Å²) in [5.41, 5.74) is 0.331. The van der Waals surface area contributed by atoms with Gasteiger partial charge in [-0.15, -0.1) is 10.2 Å². The highest BCUT2D eigenvalue weighted by atomic mass is 35.5. The molecule has 2 aromatic rings. The number of ether oxygens (including phenoxy) is 1. The average molecular weight is 309 g/mol. The first-order chi connectivity index (χ1) is 9.81. The summed E-state index contributed by atoms with van der Waals surface area (Å²) in [5, 5.41) is 11.5. The van der Waals surface area contributed by atoms with Crippen LogP contribution in [0.4, 0.5) is 11.6 Å². The molecule has 1 heterocycles. The summed E-state index contributed by atoms with van der Waals surface area (Å²) in [6, 6.07) is 5.11. The van der Waals surface area contributed by atoms with Gasteiger partial charge in [-0.1, -0.05) is 32.4 Å². The van der Waals surface area contributed by atoms with E-state index in [1.54, 1.807) is 25.3 Å². The molecule has 0 radical (unpaired) electrons. The minimum Gasteiger partial charge on any atom is -0.495 e. The number of hydrogen-bond acceptors (Lipinski definition) is 5. The molecule has 0 aliphatic heterocycles. The van der Waals surface area contributed by atoms with E-state index in [4.69, 9.17) is 16.3 Å². The monoisotopic (exact) mass is 308 g/mol. The lowest BCUT2D eigenvalue weighted by Crippen LogP contribution is -2.28. The minimum atomic E-state index is -0.368. The third-order valence-electron chi connectivity index (χ3n) is 2.82. The van der Waals surface area contributed by atoms with Crippen LogP contribution in [-0.4, -0.2) is 22.3 Å². The summed E-state index contributed by atoms with van der Waals surface area (Å²) in [5.74, 6) is 0.815. The zero-order valence-electron chi connectivity index (χ0n) is 12.3. The Hall–Kier alpha value is -2.08. The molecule has 0 aliphatic carbocycles. The van der Waals surface area contributed by atoms with Crippen molar-refractivity contribution in [2.75, 3.05) is 12.4 Å². The topological polar surface area (TPSA) is 79.9 Å². The van der Waals surface area contributed by atoms with Gasteiger partial charge in [0.05, 0.1) is 12.8 Å². The number of halogens is 1. The molecule has 7 heteroatoms. The Morgan fingerprint density at radius 1 is 1.29 bits per heavy atom. The van der Waals surface area contributed by atoms with Crippen LogP contribution in [0.25, 0.3) is 0 Å². The molecule has 1 aromatic heterocycles. The van der Waals surface area contributed by atoms with Crippen molar-refractivity contribution in [2.45, 2.75) is 26.2 Å². The molecule has 0 saturated heterocycles. The lowest BCUT2D eigenvalue weighted by atomic mass is 9.93. The molecule has 6 nitrogen and oxygen atoms in total. The Morgan fingerprint density at radius 2 is 2.00 bits per heavy atom. The number of benzene rings is 1. The van der Waals surface area contributed by atoms with Gasteiger partial charge in [-0.3, -0.25) is 9.78 Å². The van der Waals surface area contributed by atoms with E-state index in [2.05, 4.69) is 20.5 Å². The molecule has 0 unspecified atom stereocenters. The molecule has 21 heavy (non-hydrogen) atoms. The van der Waals surface area contributed by atoms with Crippen LogP contribution < -0.4 is 15.6 Å². The van der Waals surface area contributed by atoms with Gasteiger partial charge in [0.1, 0.15) is 11.4 Å². The number of rotatable bonds is 3. The fraction of sp³-hybridized carbons (Fsp3) is 0.357. The van der Waals surface area contributed by atoms with Crippen LogP contribution in [0.3, 0.4) is 0 Å². The standard InChI is InChI=1S/C14H17ClN4O2/c1-14(2,3)11-12(20)17-13(19-18-11)16-9-7-8(15)5-6-10(9)21-4/h5-7H,1-4H3,(H2,16,17,19,20). The van der Waals surface area contributed by atoms with Gasteiger partial charge in [0, 0.05) is 10.4 Å². The number of aromatic amines is 1. The van der Waals surface area contributed by atoms with Crippen molar-refractivity contribution < 1.29 is 4.74 Å². The highest BCUT2D eigenvalue weighted by molar-refractivity contribution is 6.30. The first-order valence-electron chi connectivity index (χ1n) is 6.39. The van der Waals surface area contributed by atoms with E-state index in [0.717, 1.165) is 0 Å². The molecule has 2 rings (SSSR count). The Kier molecular flexibility index (Phi) is 4.18. The Labute approximate surface area is 127 Å². The van der Waals surface area contributed by atoms with Crippen LogP contribution in [0.2, 0.25) is 5.02 Å². The molecule has 1 aromatic carbocycles. The van der Waals surface area contributed by atoms with E-state index in [-0.39, 0.29) is 16.9 Å². The fourth-order valence-electron chi connectivity index (χ4n) is 1.79. The van der Waals surface area contributed by atoms with Gasteiger partial charge in [0.15, 0.2) is 0 Å². The first-order valence-corrected chi connectivity index (χ1v) is 6.77. The lowest BCUT2D eigenvalue weighted by Gasteiger charge is -2.16. The van der Waals surface area contributed by atoms with Gasteiger partial charge < -0.3 is 10.1 Å². The zero-order chi connectivity index (χ0) is 15.6. The van der Waals surface area contributed by atoms with Crippen LogP contribution in [0.5, 0.6) is 5.75 Å². The van der Waals surface area contributed by atoms with E-state index < -0.39 is 0 Å². The van der Waals surface area contributed by atoms with Gasteiger partial charge in [0.2, 0.25) is 5.95 Å². The van der Waals surface area contributed by atoms with Crippen LogP contribution >= 0.6 is 11.6 Å². The van der Waals surface area contributed by atoms with Crippen molar-refractivity contribution in [3.63, 3.8) is 0 Å². The molecule has 112 valence electrons. The van der Waals surface area contributed by atoms with E-state index in [0.29, 0.717) is 22.2 Å².